The second kappa shape index (κ2) is 6.36. The van der Waals surface area contributed by atoms with Gasteiger partial charge < -0.3 is 20.7 Å². The fraction of sp³-hybridized carbons (Fsp3) is 0.500. The molecule has 0 spiro atoms. The molecule has 17 heavy (non-hydrogen) atoms. The number of nitrogens with one attached hydrogen (secondary N) is 2. The summed E-state index contributed by atoms with van der Waals surface area (Å²) in [4.78, 5) is 13.7. The van der Waals surface area contributed by atoms with Gasteiger partial charge in [0.15, 0.2) is 6.20 Å². The van der Waals surface area contributed by atoms with E-state index in [0.717, 1.165) is 31.6 Å². The smallest absolute Gasteiger partial charge is 0.363 e. The average Bonchev–Trinajstić information content (AvgIpc) is 2.31. The van der Waals surface area contributed by atoms with Crippen molar-refractivity contribution in [3.05, 3.63) is 28.4 Å². The third-order valence-electron chi connectivity index (χ3n) is 2.64. The Labute approximate surface area is 105 Å². The molecule has 2 N–H and O–H groups in total. The van der Waals surface area contributed by atoms with Crippen molar-refractivity contribution in [2.75, 3.05) is 18.4 Å². The Kier molecular flexibility index (Phi) is 5.11. The van der Waals surface area contributed by atoms with Crippen LogP contribution in [0.5, 0.6) is 0 Å². The standard InChI is InChI=1S/C10H14N4O2.ClH/c15-14(16)10-2-1-9(7-12-10)13-8-3-5-11-6-4-8;/h1-2,7-8,11,13H,3-6H2;1H. The lowest BCUT2D eigenvalue weighted by Crippen LogP contribution is -2.35. The van der Waals surface area contributed by atoms with Crippen LogP contribution in [0.15, 0.2) is 18.3 Å². The Morgan fingerprint density at radius 1 is 1.41 bits per heavy atom. The third kappa shape index (κ3) is 3.83. The number of anilines is 1. The van der Waals surface area contributed by atoms with Crippen LogP contribution in [-0.2, 0) is 0 Å². The molecule has 1 fully saturated rings. The fourth-order valence-electron chi connectivity index (χ4n) is 1.78. The summed E-state index contributed by atoms with van der Waals surface area (Å²) in [5.41, 5.74) is 0.845. The molecule has 7 heteroatoms. The summed E-state index contributed by atoms with van der Waals surface area (Å²) < 4.78 is 0. The molecule has 1 aliphatic rings. The van der Waals surface area contributed by atoms with Crippen molar-refractivity contribution < 1.29 is 4.92 Å². The monoisotopic (exact) mass is 258 g/mol. The second-order valence-electron chi connectivity index (χ2n) is 3.83. The lowest BCUT2D eigenvalue weighted by atomic mass is 10.1. The van der Waals surface area contributed by atoms with Gasteiger partial charge in [0, 0.05) is 12.1 Å². The van der Waals surface area contributed by atoms with E-state index in [0.29, 0.717) is 6.04 Å². The van der Waals surface area contributed by atoms with Crippen LogP contribution in [0, 0.1) is 10.1 Å². The van der Waals surface area contributed by atoms with Crippen LogP contribution in [0.2, 0.25) is 0 Å². The highest BCUT2D eigenvalue weighted by Gasteiger charge is 2.13. The van der Waals surface area contributed by atoms with Crippen LogP contribution in [0.25, 0.3) is 0 Å². The molecule has 94 valence electrons. The molecule has 0 aliphatic carbocycles. The maximum absolute atomic E-state index is 10.4. The van der Waals surface area contributed by atoms with Crippen molar-refractivity contribution in [1.82, 2.24) is 10.3 Å². The molecule has 0 amide bonds. The number of hydrogen-bond acceptors (Lipinski definition) is 5. The first-order chi connectivity index (χ1) is 7.75. The van der Waals surface area contributed by atoms with Gasteiger partial charge >= 0.3 is 5.82 Å². The van der Waals surface area contributed by atoms with E-state index in [4.69, 9.17) is 0 Å². The van der Waals surface area contributed by atoms with E-state index in [1.807, 2.05) is 0 Å². The highest BCUT2D eigenvalue weighted by molar-refractivity contribution is 5.85. The molecule has 1 aromatic heterocycles. The third-order valence-corrected chi connectivity index (χ3v) is 2.64. The number of nitro groups is 1. The van der Waals surface area contributed by atoms with Gasteiger partial charge in [0.1, 0.15) is 0 Å². The number of nitrogens with zero attached hydrogens (tertiary/aromatic N) is 2. The number of piperidine rings is 1. The molecule has 0 aromatic carbocycles. The summed E-state index contributed by atoms with van der Waals surface area (Å²) in [6, 6.07) is 3.56. The Morgan fingerprint density at radius 2 is 2.12 bits per heavy atom. The van der Waals surface area contributed by atoms with Crippen LogP contribution in [0.4, 0.5) is 11.5 Å². The van der Waals surface area contributed by atoms with Gasteiger partial charge in [-0.25, -0.2) is 0 Å². The zero-order valence-electron chi connectivity index (χ0n) is 9.26. The van der Waals surface area contributed by atoms with Crippen molar-refractivity contribution in [2.24, 2.45) is 0 Å². The fourth-order valence-corrected chi connectivity index (χ4v) is 1.78. The zero-order chi connectivity index (χ0) is 11.4. The number of rotatable bonds is 3. The van der Waals surface area contributed by atoms with Gasteiger partial charge in [-0.05, 0) is 41.9 Å². The molecular weight excluding hydrogens is 244 g/mol. The predicted octanol–water partition coefficient (Wildman–Crippen LogP) is 1.58. The van der Waals surface area contributed by atoms with Crippen molar-refractivity contribution in [3.8, 4) is 0 Å². The molecule has 0 saturated carbocycles. The number of halogens is 1. The Morgan fingerprint density at radius 3 is 2.65 bits per heavy atom. The quantitative estimate of drug-likeness (QED) is 0.636. The average molecular weight is 259 g/mol. The number of aromatic nitrogens is 1. The van der Waals surface area contributed by atoms with Crippen LogP contribution in [-0.4, -0.2) is 29.0 Å². The summed E-state index contributed by atoms with van der Waals surface area (Å²) in [6.45, 7) is 2.02. The molecule has 0 unspecified atom stereocenters. The van der Waals surface area contributed by atoms with E-state index >= 15 is 0 Å². The topological polar surface area (TPSA) is 80.1 Å². The normalized spacial score (nSPS) is 16.0. The minimum atomic E-state index is -0.492. The Hall–Kier alpha value is -1.40. The van der Waals surface area contributed by atoms with Gasteiger partial charge in [0.25, 0.3) is 0 Å². The molecule has 6 nitrogen and oxygen atoms in total. The van der Waals surface area contributed by atoms with E-state index in [1.165, 1.54) is 12.3 Å². The zero-order valence-corrected chi connectivity index (χ0v) is 10.1. The molecule has 2 rings (SSSR count). The minimum Gasteiger partial charge on any atom is -0.379 e. The van der Waals surface area contributed by atoms with E-state index in [2.05, 4.69) is 15.6 Å². The lowest BCUT2D eigenvalue weighted by Gasteiger charge is -2.23. The van der Waals surface area contributed by atoms with Crippen molar-refractivity contribution in [2.45, 2.75) is 18.9 Å². The van der Waals surface area contributed by atoms with Gasteiger partial charge in [-0.15, -0.1) is 12.4 Å². The molecule has 0 radical (unpaired) electrons. The van der Waals surface area contributed by atoms with E-state index in [-0.39, 0.29) is 18.2 Å². The van der Waals surface area contributed by atoms with E-state index in [1.54, 1.807) is 6.07 Å². The van der Waals surface area contributed by atoms with Crippen LogP contribution >= 0.6 is 12.4 Å². The summed E-state index contributed by atoms with van der Waals surface area (Å²) in [6.07, 6.45) is 3.65. The largest absolute Gasteiger partial charge is 0.379 e. The SMILES string of the molecule is Cl.O=[N+]([O-])c1ccc(NC2CCNCC2)cn1. The first-order valence-corrected chi connectivity index (χ1v) is 5.33. The van der Waals surface area contributed by atoms with Gasteiger partial charge in [0.2, 0.25) is 0 Å². The maximum Gasteiger partial charge on any atom is 0.363 e. The molecule has 1 aromatic rings. The summed E-state index contributed by atoms with van der Waals surface area (Å²) >= 11 is 0. The second-order valence-corrected chi connectivity index (χ2v) is 3.83. The van der Waals surface area contributed by atoms with Gasteiger partial charge in [-0.2, -0.15) is 0 Å². The minimum absolute atomic E-state index is 0. The Balaban J connectivity index is 0.00000144. The van der Waals surface area contributed by atoms with Crippen LogP contribution in [0.3, 0.4) is 0 Å². The summed E-state index contributed by atoms with van der Waals surface area (Å²) in [7, 11) is 0. The first kappa shape index (κ1) is 13.7. The maximum atomic E-state index is 10.4. The number of pyridine rings is 1. The number of hydrogen-bond donors (Lipinski definition) is 2. The van der Waals surface area contributed by atoms with Crippen LogP contribution < -0.4 is 10.6 Å². The first-order valence-electron chi connectivity index (χ1n) is 5.33. The molecule has 0 atom stereocenters. The van der Waals surface area contributed by atoms with E-state index < -0.39 is 4.92 Å². The highest BCUT2D eigenvalue weighted by atomic mass is 35.5. The Bertz CT molecular complexity index is 365. The molecule has 2 heterocycles. The molecule has 1 aliphatic heterocycles. The van der Waals surface area contributed by atoms with Gasteiger partial charge in [-0.3, -0.25) is 0 Å². The highest BCUT2D eigenvalue weighted by Crippen LogP contribution is 2.15. The molecular formula is C10H15ClN4O2. The molecule has 0 bridgehead atoms. The van der Waals surface area contributed by atoms with Gasteiger partial charge in [-0.1, -0.05) is 0 Å². The van der Waals surface area contributed by atoms with Gasteiger partial charge in [0.05, 0.1) is 5.69 Å². The summed E-state index contributed by atoms with van der Waals surface area (Å²) in [5, 5.41) is 17.0. The predicted molar refractivity (Wildman–Crippen MR) is 67.7 cm³/mol. The van der Waals surface area contributed by atoms with Crippen LogP contribution in [0.1, 0.15) is 12.8 Å². The van der Waals surface area contributed by atoms with Crippen molar-refractivity contribution >= 4 is 23.9 Å². The summed E-state index contributed by atoms with van der Waals surface area (Å²) in [5.74, 6) is -0.115. The lowest BCUT2D eigenvalue weighted by molar-refractivity contribution is -0.389. The van der Waals surface area contributed by atoms with Crippen molar-refractivity contribution in [1.29, 1.82) is 0 Å². The molecule has 1 saturated heterocycles. The van der Waals surface area contributed by atoms with Crippen molar-refractivity contribution in [3.63, 3.8) is 0 Å². The van der Waals surface area contributed by atoms with E-state index in [9.17, 15) is 10.1 Å².